The van der Waals surface area contributed by atoms with Crippen LogP contribution >= 0.6 is 0 Å². The van der Waals surface area contributed by atoms with Crippen molar-refractivity contribution >= 4 is 0 Å². The van der Waals surface area contributed by atoms with Crippen molar-refractivity contribution in [3.63, 3.8) is 0 Å². The lowest BCUT2D eigenvalue weighted by atomic mass is 9.78. The quantitative estimate of drug-likeness (QED) is 0.690. The first-order valence-corrected chi connectivity index (χ1v) is 6.72. The van der Waals surface area contributed by atoms with E-state index in [4.69, 9.17) is 9.47 Å². The van der Waals surface area contributed by atoms with Gasteiger partial charge in [-0.3, -0.25) is 4.90 Å². The topological polar surface area (TPSA) is 41.9 Å². The number of rotatable bonds is 0. The molecule has 0 aliphatic carbocycles. The van der Waals surface area contributed by atoms with Crippen LogP contribution in [-0.2, 0) is 9.47 Å². The van der Waals surface area contributed by atoms with Crippen LogP contribution in [0.3, 0.4) is 0 Å². The summed E-state index contributed by atoms with van der Waals surface area (Å²) in [5, 5.41) is 10.8. The molecular formula is C13H23NO3. The lowest BCUT2D eigenvalue weighted by Crippen LogP contribution is -2.67. The first-order valence-electron chi connectivity index (χ1n) is 6.72. The van der Waals surface area contributed by atoms with Crippen LogP contribution in [0.5, 0.6) is 0 Å². The first-order chi connectivity index (χ1) is 7.90. The molecule has 0 aromatic heterocycles. The molecule has 3 saturated heterocycles. The molecule has 4 heteroatoms. The predicted molar refractivity (Wildman–Crippen MR) is 63.7 cm³/mol. The van der Waals surface area contributed by atoms with Gasteiger partial charge in [-0.25, -0.2) is 0 Å². The Morgan fingerprint density at radius 3 is 2.71 bits per heavy atom. The van der Waals surface area contributed by atoms with Gasteiger partial charge in [0.25, 0.3) is 0 Å². The summed E-state index contributed by atoms with van der Waals surface area (Å²) in [6.45, 7) is 7.75. The molecule has 0 bridgehead atoms. The Bertz CT molecular complexity index is 316. The zero-order valence-corrected chi connectivity index (χ0v) is 11.0. The molecule has 1 N–H and O–H groups in total. The van der Waals surface area contributed by atoms with Crippen LogP contribution in [0, 0.1) is 0 Å². The molecule has 0 amide bonds. The standard InChI is InChI=1S/C13H23NO3/c1-12(2)16-9-8-14-7-5-4-6-10(14)13(3,15)11(9)17-12/h9-11,15H,4-8H2,1-3H3/t9-,10+,11+,13+/m0/s1. The van der Waals surface area contributed by atoms with Crippen LogP contribution in [0.1, 0.15) is 40.0 Å². The fourth-order valence-electron chi connectivity index (χ4n) is 3.76. The molecule has 17 heavy (non-hydrogen) atoms. The molecule has 0 radical (unpaired) electrons. The fourth-order valence-corrected chi connectivity index (χ4v) is 3.76. The van der Waals surface area contributed by atoms with Gasteiger partial charge >= 0.3 is 0 Å². The smallest absolute Gasteiger partial charge is 0.163 e. The lowest BCUT2D eigenvalue weighted by molar-refractivity contribution is -0.184. The third kappa shape index (κ3) is 1.82. The molecule has 0 unspecified atom stereocenters. The average molecular weight is 241 g/mol. The zero-order chi connectivity index (χ0) is 12.3. The Kier molecular flexibility index (Phi) is 2.57. The molecule has 3 heterocycles. The van der Waals surface area contributed by atoms with E-state index in [0.29, 0.717) is 0 Å². The molecular weight excluding hydrogens is 218 g/mol. The molecule has 98 valence electrons. The largest absolute Gasteiger partial charge is 0.386 e. The van der Waals surface area contributed by atoms with Gasteiger partial charge in [-0.2, -0.15) is 0 Å². The Morgan fingerprint density at radius 2 is 1.94 bits per heavy atom. The van der Waals surface area contributed by atoms with E-state index >= 15 is 0 Å². The highest BCUT2D eigenvalue weighted by Gasteiger charge is 2.58. The van der Waals surface area contributed by atoms with Gasteiger partial charge < -0.3 is 14.6 Å². The molecule has 0 aromatic rings. The van der Waals surface area contributed by atoms with Crippen molar-refractivity contribution in [3.05, 3.63) is 0 Å². The number of hydrogen-bond donors (Lipinski definition) is 1. The monoisotopic (exact) mass is 241 g/mol. The summed E-state index contributed by atoms with van der Waals surface area (Å²) in [4.78, 5) is 2.38. The second kappa shape index (κ2) is 3.67. The van der Waals surface area contributed by atoms with Gasteiger partial charge in [-0.05, 0) is 40.2 Å². The van der Waals surface area contributed by atoms with Gasteiger partial charge in [0.15, 0.2) is 5.79 Å². The van der Waals surface area contributed by atoms with E-state index in [0.717, 1.165) is 19.5 Å². The molecule has 0 spiro atoms. The maximum Gasteiger partial charge on any atom is 0.163 e. The van der Waals surface area contributed by atoms with Crippen LogP contribution in [0.4, 0.5) is 0 Å². The molecule has 3 aliphatic heterocycles. The van der Waals surface area contributed by atoms with Gasteiger partial charge in [0.1, 0.15) is 17.8 Å². The summed E-state index contributed by atoms with van der Waals surface area (Å²) in [6, 6.07) is 0.231. The highest BCUT2D eigenvalue weighted by Crippen LogP contribution is 2.43. The minimum Gasteiger partial charge on any atom is -0.386 e. The highest BCUT2D eigenvalue weighted by molar-refractivity contribution is 5.08. The number of piperidine rings is 2. The Hall–Kier alpha value is -0.160. The Morgan fingerprint density at radius 1 is 1.18 bits per heavy atom. The average Bonchev–Trinajstić information content (AvgIpc) is 2.54. The summed E-state index contributed by atoms with van der Waals surface area (Å²) >= 11 is 0. The van der Waals surface area contributed by atoms with Crippen LogP contribution in [-0.4, -0.2) is 52.7 Å². The van der Waals surface area contributed by atoms with E-state index in [2.05, 4.69) is 4.90 Å². The summed E-state index contributed by atoms with van der Waals surface area (Å²) in [5.74, 6) is -0.562. The SMILES string of the molecule is CC1(C)O[C@H]2CN3CCCC[C@@H]3[C@@](C)(O)[C@@H]2O1. The van der Waals surface area contributed by atoms with Crippen molar-refractivity contribution in [2.24, 2.45) is 0 Å². The van der Waals surface area contributed by atoms with E-state index in [-0.39, 0.29) is 18.2 Å². The molecule has 3 aliphatic rings. The maximum absolute atomic E-state index is 10.8. The van der Waals surface area contributed by atoms with Gasteiger partial charge in [0.2, 0.25) is 0 Å². The third-order valence-corrected chi connectivity index (χ3v) is 4.46. The molecule has 0 saturated carbocycles. The normalized spacial score (nSPS) is 49.8. The Balaban J connectivity index is 1.88. The zero-order valence-electron chi connectivity index (χ0n) is 11.0. The van der Waals surface area contributed by atoms with Crippen LogP contribution < -0.4 is 0 Å². The molecule has 4 nitrogen and oxygen atoms in total. The maximum atomic E-state index is 10.8. The van der Waals surface area contributed by atoms with Gasteiger partial charge in [0, 0.05) is 12.6 Å². The van der Waals surface area contributed by atoms with Crippen molar-refractivity contribution in [1.29, 1.82) is 0 Å². The van der Waals surface area contributed by atoms with Crippen molar-refractivity contribution in [3.8, 4) is 0 Å². The number of ether oxygens (including phenoxy) is 2. The summed E-state index contributed by atoms with van der Waals surface area (Å²) < 4.78 is 11.8. The van der Waals surface area contributed by atoms with Crippen molar-refractivity contribution in [1.82, 2.24) is 4.90 Å². The molecule has 3 rings (SSSR count). The second-order valence-electron chi connectivity index (χ2n) is 6.33. The summed E-state index contributed by atoms with van der Waals surface area (Å²) in [7, 11) is 0. The lowest BCUT2D eigenvalue weighted by Gasteiger charge is -2.51. The van der Waals surface area contributed by atoms with Crippen molar-refractivity contribution < 1.29 is 14.6 Å². The third-order valence-electron chi connectivity index (χ3n) is 4.46. The second-order valence-corrected chi connectivity index (χ2v) is 6.33. The number of nitrogens with zero attached hydrogens (tertiary/aromatic N) is 1. The highest BCUT2D eigenvalue weighted by atomic mass is 16.8. The minimum atomic E-state index is -0.795. The Labute approximate surface area is 103 Å². The summed E-state index contributed by atoms with van der Waals surface area (Å²) in [5.41, 5.74) is -0.795. The van der Waals surface area contributed by atoms with E-state index in [1.807, 2.05) is 20.8 Å². The summed E-state index contributed by atoms with van der Waals surface area (Å²) in [6.07, 6.45) is 3.33. The van der Waals surface area contributed by atoms with Crippen LogP contribution in [0.2, 0.25) is 0 Å². The van der Waals surface area contributed by atoms with Gasteiger partial charge in [0.05, 0.1) is 0 Å². The van der Waals surface area contributed by atoms with E-state index in [9.17, 15) is 5.11 Å². The van der Waals surface area contributed by atoms with Crippen LogP contribution in [0.15, 0.2) is 0 Å². The van der Waals surface area contributed by atoms with Gasteiger partial charge in [-0.15, -0.1) is 0 Å². The number of hydrogen-bond acceptors (Lipinski definition) is 4. The van der Waals surface area contributed by atoms with Crippen molar-refractivity contribution in [2.45, 2.75) is 69.7 Å². The number of fused-ring (bicyclic) bond motifs is 2. The molecule has 3 fully saturated rings. The van der Waals surface area contributed by atoms with Gasteiger partial charge in [-0.1, -0.05) is 6.42 Å². The fraction of sp³-hybridized carbons (Fsp3) is 1.00. The van der Waals surface area contributed by atoms with E-state index < -0.39 is 11.4 Å². The molecule has 0 aromatic carbocycles. The molecule has 4 atom stereocenters. The first kappa shape index (κ1) is 11.9. The number of aliphatic hydroxyl groups is 1. The minimum absolute atomic E-state index is 0.00866. The van der Waals surface area contributed by atoms with Crippen molar-refractivity contribution in [2.75, 3.05) is 13.1 Å². The van der Waals surface area contributed by atoms with Crippen LogP contribution in [0.25, 0.3) is 0 Å². The van der Waals surface area contributed by atoms with E-state index in [1.54, 1.807) is 0 Å². The predicted octanol–water partition coefficient (Wildman–Crippen LogP) is 1.13. The van der Waals surface area contributed by atoms with E-state index in [1.165, 1.54) is 12.8 Å².